The van der Waals surface area contributed by atoms with Gasteiger partial charge < -0.3 is 19.9 Å². The maximum atomic E-state index is 12.9. The Labute approximate surface area is 208 Å². The molecule has 0 bridgehead atoms. The van der Waals surface area contributed by atoms with Gasteiger partial charge in [-0.3, -0.25) is 9.59 Å². The number of halogens is 3. The molecule has 3 aromatic carbocycles. The molecule has 10 heteroatoms. The van der Waals surface area contributed by atoms with Gasteiger partial charge in [0.15, 0.2) is 0 Å². The molecular weight excluding hydrogens is 495 g/mol. The third-order valence-corrected chi connectivity index (χ3v) is 6.98. The van der Waals surface area contributed by atoms with Gasteiger partial charge >= 0.3 is 12.3 Å². The van der Waals surface area contributed by atoms with Gasteiger partial charge in [0.2, 0.25) is 0 Å². The minimum absolute atomic E-state index is 0.130. The zero-order valence-corrected chi connectivity index (χ0v) is 20.5. The number of alkyl halides is 3. The maximum absolute atomic E-state index is 12.9. The second-order valence-corrected chi connectivity index (χ2v) is 9.79. The standard InChI is InChI=1S/C26H24F3NO5S/c1-16(31)34-15-19-14-18(25(33)30-20-9-11-21(12-10-20)36(3)17(2)32)8-13-22(19)23-6-4-5-7-24(23)35-26(27,28)29/h4-14,32H,15H2,1-3H3,(H,30,33). The lowest BCUT2D eigenvalue weighted by molar-refractivity contribution is -0.274. The smallest absolute Gasteiger partial charge is 0.461 e. The zero-order valence-electron chi connectivity index (χ0n) is 19.7. The number of benzene rings is 3. The number of carbonyl (C=O) groups excluding carboxylic acids is 2. The van der Waals surface area contributed by atoms with Crippen LogP contribution in [0.25, 0.3) is 11.1 Å². The monoisotopic (exact) mass is 519 g/mol. The second-order valence-electron chi connectivity index (χ2n) is 7.70. The average molecular weight is 520 g/mol. The van der Waals surface area contributed by atoms with Crippen molar-refractivity contribution < 1.29 is 37.3 Å². The molecule has 0 heterocycles. The Morgan fingerprint density at radius 1 is 0.972 bits per heavy atom. The predicted molar refractivity (Wildman–Crippen MR) is 134 cm³/mol. The molecule has 6 nitrogen and oxygen atoms in total. The number of aliphatic hydroxyl groups excluding tert-OH is 1. The lowest BCUT2D eigenvalue weighted by Gasteiger charge is -2.17. The predicted octanol–water partition coefficient (Wildman–Crippen LogP) is 6.53. The first kappa shape index (κ1) is 27.0. The number of nitrogens with one attached hydrogen (secondary N) is 1. The Morgan fingerprint density at radius 2 is 1.64 bits per heavy atom. The van der Waals surface area contributed by atoms with Gasteiger partial charge in [-0.05, 0) is 66.8 Å². The van der Waals surface area contributed by atoms with Crippen LogP contribution in [0.3, 0.4) is 0 Å². The molecule has 2 N–H and O–H groups in total. The quantitative estimate of drug-likeness (QED) is 0.274. The molecule has 3 aromatic rings. The highest BCUT2D eigenvalue weighted by Gasteiger charge is 2.32. The summed E-state index contributed by atoms with van der Waals surface area (Å²) in [7, 11) is -0.444. The summed E-state index contributed by atoms with van der Waals surface area (Å²) in [6.07, 6.45) is -3.01. The van der Waals surface area contributed by atoms with E-state index in [2.05, 4.69) is 10.1 Å². The first-order valence-corrected chi connectivity index (χ1v) is 12.3. The number of ether oxygens (including phenoxy) is 2. The fourth-order valence-electron chi connectivity index (χ4n) is 3.32. The van der Waals surface area contributed by atoms with Crippen molar-refractivity contribution in [3.05, 3.63) is 77.9 Å². The first-order valence-electron chi connectivity index (χ1n) is 10.7. The molecule has 1 atom stereocenters. The summed E-state index contributed by atoms with van der Waals surface area (Å²) in [4.78, 5) is 25.2. The van der Waals surface area contributed by atoms with Gasteiger partial charge in [-0.2, -0.15) is 0 Å². The van der Waals surface area contributed by atoms with Crippen LogP contribution < -0.4 is 10.1 Å². The highest BCUT2D eigenvalue weighted by molar-refractivity contribution is 8.15. The molecule has 0 aliphatic carbocycles. The molecule has 190 valence electrons. The van der Waals surface area contributed by atoms with E-state index in [9.17, 15) is 27.9 Å². The Balaban J connectivity index is 1.93. The van der Waals surface area contributed by atoms with Crippen LogP contribution in [-0.4, -0.2) is 34.7 Å². The second kappa shape index (κ2) is 11.4. The van der Waals surface area contributed by atoms with E-state index in [1.165, 1.54) is 43.3 Å². The number of aliphatic hydroxyl groups is 1. The molecule has 0 radical (unpaired) electrons. The van der Waals surface area contributed by atoms with Crippen molar-refractivity contribution in [2.45, 2.75) is 31.7 Å². The molecule has 0 saturated heterocycles. The summed E-state index contributed by atoms with van der Waals surface area (Å²) < 4.78 is 48.0. The average Bonchev–Trinajstić information content (AvgIpc) is 2.82. The minimum atomic E-state index is -4.90. The topological polar surface area (TPSA) is 84.9 Å². The maximum Gasteiger partial charge on any atom is 0.573 e. The molecule has 1 amide bonds. The van der Waals surface area contributed by atoms with E-state index >= 15 is 0 Å². The van der Waals surface area contributed by atoms with Crippen LogP contribution in [0.5, 0.6) is 5.75 Å². The molecule has 0 aromatic heterocycles. The third-order valence-electron chi connectivity index (χ3n) is 5.11. The number of esters is 1. The van der Waals surface area contributed by atoms with Gasteiger partial charge in [0.05, 0.1) is 5.05 Å². The molecule has 0 aliphatic heterocycles. The lowest BCUT2D eigenvalue weighted by Crippen LogP contribution is -2.17. The van der Waals surface area contributed by atoms with Gasteiger partial charge in [0.25, 0.3) is 5.91 Å². The summed E-state index contributed by atoms with van der Waals surface area (Å²) >= 11 is 0. The van der Waals surface area contributed by atoms with E-state index in [1.807, 2.05) is 6.26 Å². The van der Waals surface area contributed by atoms with Gasteiger partial charge in [-0.15, -0.1) is 23.7 Å². The van der Waals surface area contributed by atoms with Crippen LogP contribution in [0, 0.1) is 0 Å². The van der Waals surface area contributed by atoms with Crippen LogP contribution >= 0.6 is 10.5 Å². The van der Waals surface area contributed by atoms with Crippen LogP contribution in [0.1, 0.15) is 29.8 Å². The van der Waals surface area contributed by atoms with Crippen molar-refractivity contribution in [1.82, 2.24) is 0 Å². The SMILES string of the molecule is CC(=O)OCc1cc(C(=O)Nc2ccc(/S(C)=C(/C)O)cc2)ccc1-c1ccccc1OC(F)(F)F. The van der Waals surface area contributed by atoms with Crippen LogP contribution in [0.2, 0.25) is 0 Å². The fraction of sp³-hybridized carbons (Fsp3) is 0.192. The number of carbonyl (C=O) groups is 2. The fourth-order valence-corrected chi connectivity index (χ4v) is 4.20. The van der Waals surface area contributed by atoms with E-state index in [1.54, 1.807) is 37.3 Å². The molecule has 3 rings (SSSR count). The Bertz CT molecular complexity index is 1300. The summed E-state index contributed by atoms with van der Waals surface area (Å²) in [5, 5.41) is 12.7. The van der Waals surface area contributed by atoms with Crippen molar-refractivity contribution in [2.24, 2.45) is 0 Å². The first-order chi connectivity index (χ1) is 16.9. The number of rotatable bonds is 7. The van der Waals surface area contributed by atoms with Crippen molar-refractivity contribution in [3.8, 4) is 16.9 Å². The third kappa shape index (κ3) is 7.19. The largest absolute Gasteiger partial charge is 0.573 e. The van der Waals surface area contributed by atoms with Crippen molar-refractivity contribution in [2.75, 3.05) is 11.6 Å². The van der Waals surface area contributed by atoms with E-state index in [4.69, 9.17) is 4.74 Å². The summed E-state index contributed by atoms with van der Waals surface area (Å²) in [5.41, 5.74) is 1.52. The minimum Gasteiger partial charge on any atom is -0.461 e. The van der Waals surface area contributed by atoms with Crippen LogP contribution in [0.4, 0.5) is 18.9 Å². The number of para-hydroxylation sites is 1. The van der Waals surface area contributed by atoms with E-state index in [0.29, 0.717) is 21.9 Å². The van der Waals surface area contributed by atoms with Crippen LogP contribution in [0.15, 0.2) is 71.6 Å². The molecule has 0 spiro atoms. The molecule has 1 unspecified atom stereocenters. The van der Waals surface area contributed by atoms with Crippen molar-refractivity contribution in [1.29, 1.82) is 0 Å². The number of hydrogen-bond acceptors (Lipinski definition) is 4. The molecule has 0 saturated carbocycles. The van der Waals surface area contributed by atoms with Crippen LogP contribution in [-0.2, 0) is 16.1 Å². The van der Waals surface area contributed by atoms with E-state index in [0.717, 1.165) is 4.90 Å². The number of hydrogen-bond donors (Lipinski definition) is 2. The van der Waals surface area contributed by atoms with Gasteiger partial charge in [0, 0.05) is 28.6 Å². The van der Waals surface area contributed by atoms with Gasteiger partial charge in [-0.25, -0.2) is 0 Å². The summed E-state index contributed by atoms with van der Waals surface area (Å²) in [5.74, 6) is -1.46. The van der Waals surface area contributed by atoms with Gasteiger partial charge in [0.1, 0.15) is 12.4 Å². The number of anilines is 1. The Morgan fingerprint density at radius 3 is 2.25 bits per heavy atom. The summed E-state index contributed by atoms with van der Waals surface area (Å²) in [6.45, 7) is 2.58. The molecule has 0 aliphatic rings. The Hall–Kier alpha value is -3.63. The van der Waals surface area contributed by atoms with E-state index < -0.39 is 34.5 Å². The highest BCUT2D eigenvalue weighted by atomic mass is 32.2. The molecule has 0 fully saturated rings. The number of amides is 1. The molecule has 36 heavy (non-hydrogen) atoms. The van der Waals surface area contributed by atoms with Crippen molar-refractivity contribution in [3.63, 3.8) is 0 Å². The van der Waals surface area contributed by atoms with Crippen molar-refractivity contribution >= 4 is 33.1 Å². The summed E-state index contributed by atoms with van der Waals surface area (Å²) in [6, 6.07) is 17.0. The van der Waals surface area contributed by atoms with E-state index in [-0.39, 0.29) is 17.7 Å². The highest BCUT2D eigenvalue weighted by Crippen LogP contribution is 2.36. The lowest BCUT2D eigenvalue weighted by atomic mass is 9.96. The normalized spacial score (nSPS) is 12.5. The zero-order chi connectivity index (χ0) is 26.5. The molecular formula is C26H24F3NO5S. The van der Waals surface area contributed by atoms with Gasteiger partial charge in [-0.1, -0.05) is 24.3 Å². The Kier molecular flexibility index (Phi) is 8.54.